The Kier molecular flexibility index (Phi) is 47.9. The molecule has 0 saturated carbocycles. The van der Waals surface area contributed by atoms with Crippen molar-refractivity contribution < 1.29 is 28.6 Å². The van der Waals surface area contributed by atoms with Gasteiger partial charge < -0.3 is 14.2 Å². The zero-order valence-electron chi connectivity index (χ0n) is 40.4. The summed E-state index contributed by atoms with van der Waals surface area (Å²) in [5.41, 5.74) is 0. The molecule has 0 N–H and O–H groups in total. The standard InChI is InChI=1S/C55H98O6/c1-4-7-10-13-16-19-22-25-27-28-29-31-33-36-39-42-45-48-54(57)60-51-52(50-59-53(56)47-44-41-38-35-32-24-21-18-15-12-9-6-3)61-55(58)49-46-43-40-37-34-30-26-23-20-17-14-11-8-5-2/h16,18-19,21,25,27,29,31,52H,4-15,17,20,22-24,26,28,30,32-51H2,1-3H3/b19-16-,21-18-,27-25-,31-29-/t52-/m1/s1. The number of hydrogen-bond donors (Lipinski definition) is 0. The van der Waals surface area contributed by atoms with Gasteiger partial charge in [-0.2, -0.15) is 0 Å². The third kappa shape index (κ3) is 48.3. The van der Waals surface area contributed by atoms with Gasteiger partial charge in [0.05, 0.1) is 0 Å². The lowest BCUT2D eigenvalue weighted by molar-refractivity contribution is -0.167. The number of esters is 3. The van der Waals surface area contributed by atoms with Crippen LogP contribution in [0.4, 0.5) is 0 Å². The van der Waals surface area contributed by atoms with Crippen molar-refractivity contribution >= 4 is 17.9 Å². The van der Waals surface area contributed by atoms with E-state index in [-0.39, 0.29) is 31.1 Å². The van der Waals surface area contributed by atoms with Gasteiger partial charge in [0, 0.05) is 19.3 Å². The molecule has 1 atom stereocenters. The largest absolute Gasteiger partial charge is 0.462 e. The number of ether oxygens (including phenoxy) is 3. The highest BCUT2D eigenvalue weighted by Gasteiger charge is 2.19. The summed E-state index contributed by atoms with van der Waals surface area (Å²) in [5.74, 6) is -0.905. The molecule has 0 aliphatic heterocycles. The second-order valence-corrected chi connectivity index (χ2v) is 17.4. The molecule has 0 aliphatic rings. The second kappa shape index (κ2) is 50.0. The van der Waals surface area contributed by atoms with Gasteiger partial charge in [0.2, 0.25) is 0 Å². The van der Waals surface area contributed by atoms with Crippen LogP contribution >= 0.6 is 0 Å². The lowest BCUT2D eigenvalue weighted by atomic mass is 10.0. The monoisotopic (exact) mass is 855 g/mol. The molecule has 0 rings (SSSR count). The summed E-state index contributed by atoms with van der Waals surface area (Å²) in [6.07, 6.45) is 59.4. The van der Waals surface area contributed by atoms with Gasteiger partial charge in [0.25, 0.3) is 0 Å². The topological polar surface area (TPSA) is 78.9 Å². The number of hydrogen-bond acceptors (Lipinski definition) is 6. The molecule has 0 aliphatic carbocycles. The fourth-order valence-electron chi connectivity index (χ4n) is 7.33. The molecule has 0 aromatic rings. The summed E-state index contributed by atoms with van der Waals surface area (Å²) in [5, 5.41) is 0. The quantitative estimate of drug-likeness (QED) is 0.0263. The van der Waals surface area contributed by atoms with Crippen LogP contribution in [0.5, 0.6) is 0 Å². The first-order chi connectivity index (χ1) is 30.0. The van der Waals surface area contributed by atoms with Crippen molar-refractivity contribution in [1.29, 1.82) is 0 Å². The van der Waals surface area contributed by atoms with E-state index < -0.39 is 6.10 Å². The average Bonchev–Trinajstić information content (AvgIpc) is 3.26. The number of carbonyl (C=O) groups is 3. The Labute approximate surface area is 378 Å². The van der Waals surface area contributed by atoms with E-state index in [1.165, 1.54) is 135 Å². The zero-order valence-corrected chi connectivity index (χ0v) is 40.4. The lowest BCUT2D eigenvalue weighted by Crippen LogP contribution is -2.30. The maximum Gasteiger partial charge on any atom is 0.306 e. The van der Waals surface area contributed by atoms with Crippen molar-refractivity contribution in [3.63, 3.8) is 0 Å². The first kappa shape index (κ1) is 58.4. The molecule has 0 unspecified atom stereocenters. The lowest BCUT2D eigenvalue weighted by Gasteiger charge is -2.18. The van der Waals surface area contributed by atoms with E-state index in [0.717, 1.165) is 89.9 Å². The zero-order chi connectivity index (χ0) is 44.4. The Morgan fingerprint density at radius 3 is 0.967 bits per heavy atom. The normalized spacial score (nSPS) is 12.4. The third-order valence-corrected chi connectivity index (χ3v) is 11.3. The van der Waals surface area contributed by atoms with Crippen LogP contribution < -0.4 is 0 Å². The van der Waals surface area contributed by atoms with Crippen molar-refractivity contribution in [2.45, 2.75) is 271 Å². The maximum atomic E-state index is 12.8. The molecule has 0 aromatic carbocycles. The van der Waals surface area contributed by atoms with E-state index in [9.17, 15) is 14.4 Å². The van der Waals surface area contributed by atoms with Gasteiger partial charge in [-0.05, 0) is 83.5 Å². The predicted octanol–water partition coefficient (Wildman–Crippen LogP) is 17.1. The molecule has 6 heteroatoms. The first-order valence-corrected chi connectivity index (χ1v) is 26.1. The van der Waals surface area contributed by atoms with Gasteiger partial charge >= 0.3 is 17.9 Å². The van der Waals surface area contributed by atoms with Gasteiger partial charge in [0.1, 0.15) is 13.2 Å². The Bertz CT molecular complexity index is 1070. The van der Waals surface area contributed by atoms with Crippen molar-refractivity contribution in [2.24, 2.45) is 0 Å². The smallest absolute Gasteiger partial charge is 0.306 e. The van der Waals surface area contributed by atoms with Crippen LogP contribution in [-0.4, -0.2) is 37.2 Å². The van der Waals surface area contributed by atoms with Gasteiger partial charge in [-0.1, -0.05) is 211 Å². The third-order valence-electron chi connectivity index (χ3n) is 11.3. The van der Waals surface area contributed by atoms with E-state index in [1.807, 2.05) is 0 Å². The van der Waals surface area contributed by atoms with E-state index in [4.69, 9.17) is 14.2 Å². The summed E-state index contributed by atoms with van der Waals surface area (Å²) in [6, 6.07) is 0. The number of allylic oxidation sites excluding steroid dienone is 8. The molecular formula is C55H98O6. The molecule has 354 valence electrons. The molecule has 0 radical (unpaired) electrons. The molecule has 0 aromatic heterocycles. The Morgan fingerprint density at radius 2 is 0.590 bits per heavy atom. The SMILES string of the molecule is CCCCC/C=C\C/C=C\C/C=C\CCCCCCC(=O)OC[C@@H](COC(=O)CCCCCCC/C=C\CCCCC)OC(=O)CCCCCCCCCCCCCCCC. The van der Waals surface area contributed by atoms with Crippen LogP contribution in [0.3, 0.4) is 0 Å². The van der Waals surface area contributed by atoms with Crippen LogP contribution in [-0.2, 0) is 28.6 Å². The fraction of sp³-hybridized carbons (Fsp3) is 0.800. The van der Waals surface area contributed by atoms with Gasteiger partial charge in [-0.25, -0.2) is 0 Å². The van der Waals surface area contributed by atoms with Crippen molar-refractivity contribution in [2.75, 3.05) is 13.2 Å². The van der Waals surface area contributed by atoms with Crippen molar-refractivity contribution in [3.8, 4) is 0 Å². The van der Waals surface area contributed by atoms with Crippen molar-refractivity contribution in [3.05, 3.63) is 48.6 Å². The number of carbonyl (C=O) groups excluding carboxylic acids is 3. The minimum atomic E-state index is -0.782. The molecule has 0 fully saturated rings. The highest BCUT2D eigenvalue weighted by molar-refractivity contribution is 5.71. The molecule has 6 nitrogen and oxygen atoms in total. The minimum Gasteiger partial charge on any atom is -0.462 e. The Hall–Kier alpha value is -2.63. The van der Waals surface area contributed by atoms with E-state index in [0.29, 0.717) is 19.3 Å². The second-order valence-electron chi connectivity index (χ2n) is 17.4. The molecule has 0 heterocycles. The predicted molar refractivity (Wildman–Crippen MR) is 261 cm³/mol. The van der Waals surface area contributed by atoms with Crippen LogP contribution in [0.2, 0.25) is 0 Å². The molecule has 0 amide bonds. The first-order valence-electron chi connectivity index (χ1n) is 26.1. The van der Waals surface area contributed by atoms with Gasteiger partial charge in [-0.3, -0.25) is 14.4 Å². The number of rotatable bonds is 47. The highest BCUT2D eigenvalue weighted by atomic mass is 16.6. The summed E-state index contributed by atoms with van der Waals surface area (Å²) >= 11 is 0. The van der Waals surface area contributed by atoms with Crippen LogP contribution in [0.25, 0.3) is 0 Å². The van der Waals surface area contributed by atoms with E-state index in [1.54, 1.807) is 0 Å². The molecule has 0 saturated heterocycles. The average molecular weight is 855 g/mol. The Morgan fingerprint density at radius 1 is 0.328 bits per heavy atom. The molecule has 61 heavy (non-hydrogen) atoms. The molecule has 0 spiro atoms. The highest BCUT2D eigenvalue weighted by Crippen LogP contribution is 2.15. The Balaban J connectivity index is 4.40. The van der Waals surface area contributed by atoms with Gasteiger partial charge in [0.15, 0.2) is 6.10 Å². The van der Waals surface area contributed by atoms with Crippen LogP contribution in [0.15, 0.2) is 48.6 Å². The van der Waals surface area contributed by atoms with E-state index >= 15 is 0 Å². The van der Waals surface area contributed by atoms with Crippen LogP contribution in [0.1, 0.15) is 265 Å². The summed E-state index contributed by atoms with van der Waals surface area (Å²) < 4.78 is 16.8. The minimum absolute atomic E-state index is 0.0827. The van der Waals surface area contributed by atoms with E-state index in [2.05, 4.69) is 69.4 Å². The van der Waals surface area contributed by atoms with Gasteiger partial charge in [-0.15, -0.1) is 0 Å². The van der Waals surface area contributed by atoms with Crippen molar-refractivity contribution in [1.82, 2.24) is 0 Å². The summed E-state index contributed by atoms with van der Waals surface area (Å²) in [7, 11) is 0. The maximum absolute atomic E-state index is 12.8. The fourth-order valence-corrected chi connectivity index (χ4v) is 7.33. The number of unbranched alkanes of at least 4 members (excludes halogenated alkanes) is 28. The summed E-state index contributed by atoms with van der Waals surface area (Å²) in [6.45, 7) is 6.57. The summed E-state index contributed by atoms with van der Waals surface area (Å²) in [4.78, 5) is 37.9. The molecule has 0 bridgehead atoms. The molecular weight excluding hydrogens is 757 g/mol. The van der Waals surface area contributed by atoms with Crippen LogP contribution in [0, 0.1) is 0 Å².